The molecule has 8 nitrogen and oxygen atoms in total. The third kappa shape index (κ3) is 3.49. The van der Waals surface area contributed by atoms with Crippen molar-refractivity contribution in [1.82, 2.24) is 20.1 Å². The van der Waals surface area contributed by atoms with Gasteiger partial charge in [0.25, 0.3) is 11.8 Å². The fourth-order valence-electron chi connectivity index (χ4n) is 3.83. The van der Waals surface area contributed by atoms with Crippen molar-refractivity contribution in [3.05, 3.63) is 71.3 Å². The Morgan fingerprint density at radius 1 is 1.23 bits per heavy atom. The fraction of sp³-hybridized carbons (Fsp3) is 0.238. The molecular formula is C21H17F2N5O3. The largest absolute Gasteiger partial charge is 0.488 e. The number of nitrogens with zero attached hydrogens (tertiary/aromatic N) is 3. The van der Waals surface area contributed by atoms with Crippen molar-refractivity contribution < 1.29 is 23.1 Å². The molecule has 2 atom stereocenters. The summed E-state index contributed by atoms with van der Waals surface area (Å²) in [6.45, 7) is 0.329. The van der Waals surface area contributed by atoms with E-state index in [0.717, 1.165) is 18.1 Å². The highest BCUT2D eigenvalue weighted by atomic mass is 19.1. The Bertz CT molecular complexity index is 1180. The molecule has 0 saturated carbocycles. The topological polar surface area (TPSA) is 98.1 Å². The number of ether oxygens (including phenoxy) is 1. The zero-order valence-electron chi connectivity index (χ0n) is 16.1. The van der Waals surface area contributed by atoms with Gasteiger partial charge in [0, 0.05) is 24.6 Å². The van der Waals surface area contributed by atoms with Gasteiger partial charge < -0.3 is 15.4 Å². The standard InChI is InChI=1S/C21H17F2N5O3/c22-12-8-14(23)17-16(9-12)31-10-15(20(29)25-17)24-21(30)18-26-19-13(6-7-28(19)27-18)11-4-2-1-3-5-11/h1-5,8-9,13,15H,6-7,10H2,(H,24,30)(H,25,29)/t13?,15-/m0/s1. The molecule has 2 aromatic carbocycles. The van der Waals surface area contributed by atoms with Crippen molar-refractivity contribution in [2.24, 2.45) is 0 Å². The Labute approximate surface area is 175 Å². The summed E-state index contributed by atoms with van der Waals surface area (Å²) in [4.78, 5) is 29.5. The zero-order chi connectivity index (χ0) is 21.5. The molecule has 0 aliphatic carbocycles. The highest BCUT2D eigenvalue weighted by molar-refractivity contribution is 6.01. The molecule has 2 aliphatic heterocycles. The second kappa shape index (κ2) is 7.46. The Balaban J connectivity index is 1.32. The Morgan fingerprint density at radius 2 is 2.03 bits per heavy atom. The van der Waals surface area contributed by atoms with Crippen LogP contribution in [0.3, 0.4) is 0 Å². The lowest BCUT2D eigenvalue weighted by molar-refractivity contribution is -0.118. The number of aryl methyl sites for hydroxylation is 1. The van der Waals surface area contributed by atoms with Gasteiger partial charge in [-0.05, 0) is 12.0 Å². The molecule has 0 spiro atoms. The van der Waals surface area contributed by atoms with Gasteiger partial charge in [0.05, 0.1) is 0 Å². The molecule has 0 fully saturated rings. The van der Waals surface area contributed by atoms with Crippen molar-refractivity contribution in [2.75, 3.05) is 11.9 Å². The molecule has 3 heterocycles. The molecule has 0 bridgehead atoms. The average Bonchev–Trinajstić information content (AvgIpc) is 3.30. The molecule has 158 valence electrons. The summed E-state index contributed by atoms with van der Waals surface area (Å²) in [5.41, 5.74) is 0.817. The van der Waals surface area contributed by atoms with Crippen molar-refractivity contribution in [3.63, 3.8) is 0 Å². The van der Waals surface area contributed by atoms with E-state index in [1.54, 1.807) is 4.68 Å². The number of halogens is 2. The lowest BCUT2D eigenvalue weighted by atomic mass is 9.97. The number of benzene rings is 2. The first-order valence-electron chi connectivity index (χ1n) is 9.73. The minimum atomic E-state index is -1.13. The summed E-state index contributed by atoms with van der Waals surface area (Å²) in [5.74, 6) is -2.64. The number of aromatic nitrogens is 3. The Morgan fingerprint density at radius 3 is 2.84 bits per heavy atom. The van der Waals surface area contributed by atoms with E-state index in [9.17, 15) is 18.4 Å². The highest BCUT2D eigenvalue weighted by Gasteiger charge is 2.32. The van der Waals surface area contributed by atoms with Crippen LogP contribution in [-0.4, -0.2) is 39.2 Å². The summed E-state index contributed by atoms with van der Waals surface area (Å²) in [7, 11) is 0. The summed E-state index contributed by atoms with van der Waals surface area (Å²) in [6.07, 6.45) is 0.834. The van der Waals surface area contributed by atoms with E-state index >= 15 is 0 Å². The third-order valence-electron chi connectivity index (χ3n) is 5.34. The Hall–Kier alpha value is -3.82. The third-order valence-corrected chi connectivity index (χ3v) is 5.34. The van der Waals surface area contributed by atoms with Crippen LogP contribution < -0.4 is 15.4 Å². The van der Waals surface area contributed by atoms with Gasteiger partial charge in [-0.2, -0.15) is 0 Å². The van der Waals surface area contributed by atoms with Crippen LogP contribution in [0.2, 0.25) is 0 Å². The second-order valence-electron chi connectivity index (χ2n) is 7.36. The SMILES string of the molecule is O=C(N[C@H]1COc2cc(F)cc(F)c2NC1=O)c1nc2n(n1)CCC2c1ccccc1. The van der Waals surface area contributed by atoms with Gasteiger partial charge in [0.15, 0.2) is 5.82 Å². The van der Waals surface area contributed by atoms with E-state index in [1.807, 2.05) is 30.3 Å². The molecule has 0 saturated heterocycles. The van der Waals surface area contributed by atoms with Gasteiger partial charge in [-0.3, -0.25) is 9.59 Å². The first kappa shape index (κ1) is 19.2. The molecule has 2 amide bonds. The van der Waals surface area contributed by atoms with Gasteiger partial charge in [0.2, 0.25) is 5.82 Å². The van der Waals surface area contributed by atoms with Crippen LogP contribution in [0.15, 0.2) is 42.5 Å². The first-order chi connectivity index (χ1) is 15.0. The lowest BCUT2D eigenvalue weighted by Gasteiger charge is -2.13. The van der Waals surface area contributed by atoms with Gasteiger partial charge >= 0.3 is 0 Å². The predicted molar refractivity (Wildman–Crippen MR) is 105 cm³/mol. The van der Waals surface area contributed by atoms with Crippen LogP contribution in [0.1, 0.15) is 34.3 Å². The van der Waals surface area contributed by atoms with Crippen LogP contribution in [0.5, 0.6) is 5.75 Å². The number of rotatable bonds is 3. The maximum absolute atomic E-state index is 14.0. The first-order valence-corrected chi connectivity index (χ1v) is 9.73. The number of carbonyl (C=O) groups is 2. The predicted octanol–water partition coefficient (Wildman–Crippen LogP) is 2.22. The molecule has 5 rings (SSSR count). The molecule has 1 aromatic heterocycles. The average molecular weight is 425 g/mol. The molecule has 2 N–H and O–H groups in total. The van der Waals surface area contributed by atoms with Crippen LogP contribution >= 0.6 is 0 Å². The number of anilines is 1. The molecule has 3 aromatic rings. The van der Waals surface area contributed by atoms with E-state index in [0.29, 0.717) is 18.4 Å². The molecule has 10 heteroatoms. The summed E-state index contributed by atoms with van der Waals surface area (Å²) in [6, 6.07) is 10.3. The minimum absolute atomic E-state index is 0.0344. The van der Waals surface area contributed by atoms with E-state index < -0.39 is 29.5 Å². The zero-order valence-corrected chi connectivity index (χ0v) is 16.1. The van der Waals surface area contributed by atoms with Crippen LogP contribution in [-0.2, 0) is 11.3 Å². The number of hydrogen-bond acceptors (Lipinski definition) is 5. The molecule has 1 unspecified atom stereocenters. The normalized spacial score (nSPS) is 19.6. The van der Waals surface area contributed by atoms with E-state index in [4.69, 9.17) is 4.74 Å². The van der Waals surface area contributed by atoms with Crippen LogP contribution in [0, 0.1) is 11.6 Å². The second-order valence-corrected chi connectivity index (χ2v) is 7.36. The number of fused-ring (bicyclic) bond motifs is 2. The highest BCUT2D eigenvalue weighted by Crippen LogP contribution is 2.33. The molecule has 31 heavy (non-hydrogen) atoms. The van der Waals surface area contributed by atoms with Gasteiger partial charge in [-0.15, -0.1) is 5.10 Å². The van der Waals surface area contributed by atoms with E-state index in [2.05, 4.69) is 20.7 Å². The van der Waals surface area contributed by atoms with Gasteiger partial charge in [0.1, 0.15) is 35.7 Å². The minimum Gasteiger partial charge on any atom is -0.488 e. The Kier molecular flexibility index (Phi) is 4.61. The van der Waals surface area contributed by atoms with E-state index in [-0.39, 0.29) is 29.8 Å². The molecule has 0 radical (unpaired) electrons. The monoisotopic (exact) mass is 425 g/mol. The van der Waals surface area contributed by atoms with Gasteiger partial charge in [-0.25, -0.2) is 18.4 Å². The van der Waals surface area contributed by atoms with Crippen molar-refractivity contribution in [2.45, 2.75) is 24.9 Å². The summed E-state index contributed by atoms with van der Waals surface area (Å²) >= 11 is 0. The maximum Gasteiger partial charge on any atom is 0.291 e. The van der Waals surface area contributed by atoms with Crippen LogP contribution in [0.4, 0.5) is 14.5 Å². The van der Waals surface area contributed by atoms with E-state index in [1.165, 1.54) is 0 Å². The summed E-state index contributed by atoms with van der Waals surface area (Å²) in [5, 5.41) is 9.09. The van der Waals surface area contributed by atoms with Crippen molar-refractivity contribution in [1.29, 1.82) is 0 Å². The number of hydrogen-bond donors (Lipinski definition) is 2. The van der Waals surface area contributed by atoms with Crippen molar-refractivity contribution >= 4 is 17.5 Å². The van der Waals surface area contributed by atoms with Crippen LogP contribution in [0.25, 0.3) is 0 Å². The molecular weight excluding hydrogens is 408 g/mol. The summed E-state index contributed by atoms with van der Waals surface area (Å²) < 4.78 is 34.4. The van der Waals surface area contributed by atoms with Crippen molar-refractivity contribution in [3.8, 4) is 5.75 Å². The number of amides is 2. The van der Waals surface area contributed by atoms with Gasteiger partial charge in [-0.1, -0.05) is 30.3 Å². The number of nitrogens with one attached hydrogen (secondary N) is 2. The fourth-order valence-corrected chi connectivity index (χ4v) is 3.83. The smallest absolute Gasteiger partial charge is 0.291 e. The quantitative estimate of drug-likeness (QED) is 0.671. The lowest BCUT2D eigenvalue weighted by Crippen LogP contribution is -2.46. The molecule has 2 aliphatic rings. The number of carbonyl (C=O) groups excluding carboxylic acids is 2. The maximum atomic E-state index is 14.0.